The fourth-order valence-electron chi connectivity index (χ4n) is 4.38. The summed E-state index contributed by atoms with van der Waals surface area (Å²) in [5.41, 5.74) is 13.0. The Balaban J connectivity index is 1.88. The molecule has 10 N–H and O–H groups in total. The monoisotopic (exact) mass is 568 g/mol. The second kappa shape index (κ2) is 14.1. The van der Waals surface area contributed by atoms with E-state index < -0.39 is 60.2 Å². The van der Waals surface area contributed by atoms with E-state index in [1.807, 2.05) is 38.1 Å². The van der Waals surface area contributed by atoms with E-state index in [4.69, 9.17) is 11.5 Å². The molecule has 3 rings (SSSR count). The van der Waals surface area contributed by atoms with Gasteiger partial charge in [-0.15, -0.1) is 0 Å². The molecule has 0 radical (unpaired) electrons. The van der Waals surface area contributed by atoms with Crippen LogP contribution in [-0.4, -0.2) is 73.8 Å². The molecule has 0 aliphatic carbocycles. The molecule has 1 aromatic carbocycles. The van der Waals surface area contributed by atoms with Crippen molar-refractivity contribution in [1.82, 2.24) is 30.9 Å². The maximum absolute atomic E-state index is 13.6. The van der Waals surface area contributed by atoms with E-state index in [9.17, 15) is 29.1 Å². The molecule has 3 aromatic rings. The molecule has 0 aliphatic rings. The summed E-state index contributed by atoms with van der Waals surface area (Å²) in [7, 11) is 0. The van der Waals surface area contributed by atoms with Gasteiger partial charge in [0.05, 0.1) is 18.8 Å². The lowest BCUT2D eigenvalue weighted by atomic mass is 10.0. The Bertz CT molecular complexity index is 1370. The fourth-order valence-corrected chi connectivity index (χ4v) is 4.38. The van der Waals surface area contributed by atoms with Crippen molar-refractivity contribution in [1.29, 1.82) is 0 Å². The first-order valence-electron chi connectivity index (χ1n) is 13.1. The van der Waals surface area contributed by atoms with Crippen LogP contribution in [0.5, 0.6) is 0 Å². The summed E-state index contributed by atoms with van der Waals surface area (Å²) in [4.78, 5) is 72.7. The first-order chi connectivity index (χ1) is 19.4. The van der Waals surface area contributed by atoms with Gasteiger partial charge in [-0.3, -0.25) is 19.2 Å². The molecule has 41 heavy (non-hydrogen) atoms. The van der Waals surface area contributed by atoms with Gasteiger partial charge in [0.1, 0.15) is 18.1 Å². The number of hydrogen-bond acceptors (Lipinski definition) is 7. The number of nitrogens with one attached hydrogen (secondary N) is 5. The van der Waals surface area contributed by atoms with Crippen LogP contribution in [0.1, 0.15) is 37.9 Å². The van der Waals surface area contributed by atoms with Crippen LogP contribution in [0.3, 0.4) is 0 Å². The molecule has 14 heteroatoms. The molecule has 0 fully saturated rings. The van der Waals surface area contributed by atoms with E-state index in [1.54, 1.807) is 6.20 Å². The highest BCUT2D eigenvalue weighted by Gasteiger charge is 2.32. The largest absolute Gasteiger partial charge is 0.480 e. The number of rotatable bonds is 15. The third-order valence-electron chi connectivity index (χ3n) is 6.42. The number of fused-ring (bicyclic) bond motifs is 1. The number of nitrogens with zero attached hydrogens (tertiary/aromatic N) is 1. The van der Waals surface area contributed by atoms with Gasteiger partial charge in [-0.2, -0.15) is 0 Å². The first kappa shape index (κ1) is 30.8. The normalized spacial score (nSPS) is 14.1. The highest BCUT2D eigenvalue weighted by molar-refractivity contribution is 5.95. The SMILES string of the molecule is CC(C)CC(NC(=O)C(Cc1c[nH]c2ccccc12)NC(=O)C(Cc1cnc[nH]1)NC(=O)C(N)CC(N)=O)C(=O)O. The maximum atomic E-state index is 13.6. The van der Waals surface area contributed by atoms with Gasteiger partial charge in [0.25, 0.3) is 0 Å². The Labute approximate surface area is 236 Å². The summed E-state index contributed by atoms with van der Waals surface area (Å²) < 4.78 is 0. The molecular formula is C27H36N8O6. The quantitative estimate of drug-likeness (QED) is 0.118. The number of hydrogen-bond donors (Lipinski definition) is 8. The van der Waals surface area contributed by atoms with Crippen LogP contribution < -0.4 is 27.4 Å². The van der Waals surface area contributed by atoms with Crippen LogP contribution >= 0.6 is 0 Å². The summed E-state index contributed by atoms with van der Waals surface area (Å²) >= 11 is 0. The van der Waals surface area contributed by atoms with Crippen molar-refractivity contribution in [2.75, 3.05) is 0 Å². The molecule has 0 saturated carbocycles. The molecule has 0 aliphatic heterocycles. The van der Waals surface area contributed by atoms with E-state index in [1.165, 1.54) is 12.5 Å². The van der Waals surface area contributed by atoms with Crippen LogP contribution in [0.15, 0.2) is 43.0 Å². The Morgan fingerprint density at radius 1 is 0.927 bits per heavy atom. The van der Waals surface area contributed by atoms with Gasteiger partial charge in [-0.1, -0.05) is 32.0 Å². The number of H-pyrrole nitrogens is 2. The van der Waals surface area contributed by atoms with Gasteiger partial charge in [-0.25, -0.2) is 9.78 Å². The summed E-state index contributed by atoms with van der Waals surface area (Å²) in [5.74, 6) is -4.21. The minimum atomic E-state index is -1.29. The smallest absolute Gasteiger partial charge is 0.326 e. The van der Waals surface area contributed by atoms with Crippen molar-refractivity contribution in [3.8, 4) is 0 Å². The third kappa shape index (κ3) is 8.89. The number of aliphatic carboxylic acids is 1. The maximum Gasteiger partial charge on any atom is 0.326 e. The van der Waals surface area contributed by atoms with E-state index in [2.05, 4.69) is 30.9 Å². The molecule has 14 nitrogen and oxygen atoms in total. The van der Waals surface area contributed by atoms with Gasteiger partial charge in [0.15, 0.2) is 0 Å². The Morgan fingerprint density at radius 3 is 2.17 bits per heavy atom. The Hall–Kier alpha value is -4.72. The highest BCUT2D eigenvalue weighted by Crippen LogP contribution is 2.19. The summed E-state index contributed by atoms with van der Waals surface area (Å²) in [6.07, 6.45) is 4.34. The minimum Gasteiger partial charge on any atom is -0.480 e. The van der Waals surface area contributed by atoms with E-state index in [0.717, 1.165) is 16.5 Å². The molecule has 4 amide bonds. The number of carbonyl (C=O) groups is 5. The van der Waals surface area contributed by atoms with Crippen molar-refractivity contribution in [3.63, 3.8) is 0 Å². The molecule has 2 heterocycles. The molecule has 0 bridgehead atoms. The van der Waals surface area contributed by atoms with Gasteiger partial charge >= 0.3 is 5.97 Å². The molecule has 2 aromatic heterocycles. The van der Waals surface area contributed by atoms with Crippen LogP contribution in [-0.2, 0) is 36.8 Å². The number of benzene rings is 1. The molecule has 220 valence electrons. The summed E-state index contributed by atoms with van der Waals surface area (Å²) in [6.45, 7) is 3.66. The number of imidazole rings is 1. The first-order valence-corrected chi connectivity index (χ1v) is 13.1. The van der Waals surface area contributed by atoms with E-state index >= 15 is 0 Å². The molecule has 4 atom stereocenters. The average molecular weight is 569 g/mol. The van der Waals surface area contributed by atoms with Crippen molar-refractivity contribution in [2.24, 2.45) is 17.4 Å². The number of carbonyl (C=O) groups excluding carboxylic acids is 4. The summed E-state index contributed by atoms with van der Waals surface area (Å²) in [5, 5.41) is 18.2. The van der Waals surface area contributed by atoms with Gasteiger partial charge in [0, 0.05) is 41.8 Å². The molecular weight excluding hydrogens is 532 g/mol. The topological polar surface area (TPSA) is 238 Å². The van der Waals surface area contributed by atoms with Crippen molar-refractivity contribution >= 4 is 40.5 Å². The van der Waals surface area contributed by atoms with Crippen LogP contribution in [0.25, 0.3) is 10.9 Å². The highest BCUT2D eigenvalue weighted by atomic mass is 16.4. The van der Waals surface area contributed by atoms with Crippen molar-refractivity contribution in [3.05, 3.63) is 54.2 Å². The summed E-state index contributed by atoms with van der Waals surface area (Å²) in [6, 6.07) is 2.53. The van der Waals surface area contributed by atoms with E-state index in [0.29, 0.717) is 5.69 Å². The van der Waals surface area contributed by atoms with Gasteiger partial charge in [-0.05, 0) is 24.0 Å². The number of amides is 4. The number of para-hydroxylation sites is 1. The molecule has 0 spiro atoms. The second-order valence-electron chi connectivity index (χ2n) is 10.3. The predicted octanol–water partition coefficient (Wildman–Crippen LogP) is -0.536. The predicted molar refractivity (Wildman–Crippen MR) is 149 cm³/mol. The zero-order valence-electron chi connectivity index (χ0n) is 22.8. The standard InChI is InChI=1S/C27H36N8O6/c1-14(2)7-22(27(40)41)35-25(38)20(8-15-11-31-19-6-4-3-5-17(15)19)34-26(39)21(9-16-12-30-13-32-16)33-24(37)18(28)10-23(29)36/h3-6,11-14,18,20-22,31H,7-10,28H2,1-2H3,(H2,29,36)(H,30,32)(H,33,37)(H,34,39)(H,35,38)(H,40,41). The lowest BCUT2D eigenvalue weighted by molar-refractivity contribution is -0.142. The molecule has 0 saturated heterocycles. The zero-order chi connectivity index (χ0) is 30.1. The third-order valence-corrected chi connectivity index (χ3v) is 6.42. The van der Waals surface area contributed by atoms with Crippen LogP contribution in [0, 0.1) is 5.92 Å². The Kier molecular flexibility index (Phi) is 10.6. The number of aromatic amines is 2. The zero-order valence-corrected chi connectivity index (χ0v) is 22.8. The van der Waals surface area contributed by atoms with Crippen LogP contribution in [0.4, 0.5) is 0 Å². The number of nitrogens with two attached hydrogens (primary N) is 2. The van der Waals surface area contributed by atoms with Gasteiger partial charge < -0.3 is 42.5 Å². The number of carboxylic acid groups (broad SMARTS) is 1. The van der Waals surface area contributed by atoms with Crippen LogP contribution in [0.2, 0.25) is 0 Å². The lowest BCUT2D eigenvalue weighted by Gasteiger charge is -2.25. The minimum absolute atomic E-state index is 0.0170. The number of carboxylic acids is 1. The van der Waals surface area contributed by atoms with Gasteiger partial charge in [0.2, 0.25) is 23.6 Å². The molecule has 4 unspecified atom stereocenters. The van der Waals surface area contributed by atoms with E-state index in [-0.39, 0.29) is 25.2 Å². The second-order valence-corrected chi connectivity index (χ2v) is 10.3. The lowest BCUT2D eigenvalue weighted by Crippen LogP contribution is -2.58. The average Bonchev–Trinajstić information content (AvgIpc) is 3.56. The number of aromatic nitrogens is 3. The van der Waals surface area contributed by atoms with Crippen molar-refractivity contribution in [2.45, 2.75) is 63.7 Å². The Morgan fingerprint density at radius 2 is 1.56 bits per heavy atom. The van der Waals surface area contributed by atoms with Crippen molar-refractivity contribution < 1.29 is 29.1 Å². The fraction of sp³-hybridized carbons (Fsp3) is 0.407. The number of primary amides is 1.